The van der Waals surface area contributed by atoms with Crippen molar-refractivity contribution in [3.63, 3.8) is 0 Å². The summed E-state index contributed by atoms with van der Waals surface area (Å²) in [6.45, 7) is 8.10. The van der Waals surface area contributed by atoms with Crippen LogP contribution in [0.25, 0.3) is 0 Å². The monoisotopic (exact) mass is 297 g/mol. The lowest BCUT2D eigenvalue weighted by Crippen LogP contribution is -2.20. The van der Waals surface area contributed by atoms with E-state index in [9.17, 15) is 5.11 Å². The lowest BCUT2D eigenvalue weighted by molar-refractivity contribution is 0.0777. The molecular weight excluding hydrogens is 270 g/mol. The summed E-state index contributed by atoms with van der Waals surface area (Å²) in [4.78, 5) is 0. The van der Waals surface area contributed by atoms with Crippen LogP contribution in [0.15, 0.2) is 5.16 Å². The minimum atomic E-state index is -0.605. The van der Waals surface area contributed by atoms with Gasteiger partial charge in [-0.25, -0.2) is 0 Å². The predicted octanol–water partition coefficient (Wildman–Crippen LogP) is 3.59. The van der Waals surface area contributed by atoms with Gasteiger partial charge in [-0.2, -0.15) is 0 Å². The number of aliphatic hydroxyl groups is 1. The standard InChI is InChI=1S/C15H27N3OS/c1-11-6-5-7-13(10-11)18-12(2)16-17-14(18)20-9-8-15(3,4)19/h11,13,19H,5-10H2,1-4H3. The molecule has 0 bridgehead atoms. The molecule has 0 amide bonds. The first-order chi connectivity index (χ1) is 9.37. The van der Waals surface area contributed by atoms with Crippen LogP contribution in [0.2, 0.25) is 0 Å². The lowest BCUT2D eigenvalue weighted by Gasteiger charge is -2.29. The first kappa shape index (κ1) is 15.8. The van der Waals surface area contributed by atoms with E-state index in [1.807, 2.05) is 20.8 Å². The van der Waals surface area contributed by atoms with E-state index in [1.165, 1.54) is 25.7 Å². The largest absolute Gasteiger partial charge is 0.390 e. The van der Waals surface area contributed by atoms with Gasteiger partial charge in [0.15, 0.2) is 5.16 Å². The molecule has 0 spiro atoms. The van der Waals surface area contributed by atoms with Crippen molar-refractivity contribution >= 4 is 11.8 Å². The highest BCUT2D eigenvalue weighted by molar-refractivity contribution is 7.99. The molecule has 2 rings (SSSR count). The molecule has 1 fully saturated rings. The van der Waals surface area contributed by atoms with E-state index in [1.54, 1.807) is 11.8 Å². The van der Waals surface area contributed by atoms with Gasteiger partial charge in [0, 0.05) is 11.8 Å². The van der Waals surface area contributed by atoms with E-state index in [4.69, 9.17) is 0 Å². The van der Waals surface area contributed by atoms with Gasteiger partial charge in [0.1, 0.15) is 5.82 Å². The van der Waals surface area contributed by atoms with Crippen molar-refractivity contribution in [1.29, 1.82) is 0 Å². The summed E-state index contributed by atoms with van der Waals surface area (Å²) in [7, 11) is 0. The molecule has 1 aromatic heterocycles. The molecule has 4 nitrogen and oxygen atoms in total. The van der Waals surface area contributed by atoms with E-state index < -0.39 is 5.60 Å². The summed E-state index contributed by atoms with van der Waals surface area (Å²) in [5.41, 5.74) is -0.605. The maximum Gasteiger partial charge on any atom is 0.191 e. The molecule has 0 radical (unpaired) electrons. The summed E-state index contributed by atoms with van der Waals surface area (Å²) >= 11 is 1.72. The molecule has 1 saturated carbocycles. The van der Waals surface area contributed by atoms with Gasteiger partial charge in [0.25, 0.3) is 0 Å². The Hall–Kier alpha value is -0.550. The Kier molecular flexibility index (Phi) is 5.13. The maximum absolute atomic E-state index is 9.80. The van der Waals surface area contributed by atoms with E-state index in [0.29, 0.717) is 6.04 Å². The molecule has 1 aromatic rings. The number of aryl methyl sites for hydroxylation is 1. The Morgan fingerprint density at radius 1 is 1.35 bits per heavy atom. The first-order valence-electron chi connectivity index (χ1n) is 7.63. The summed E-state index contributed by atoms with van der Waals surface area (Å²) in [5, 5.41) is 19.4. The van der Waals surface area contributed by atoms with Crippen LogP contribution in [0.1, 0.15) is 64.7 Å². The molecule has 20 heavy (non-hydrogen) atoms. The van der Waals surface area contributed by atoms with E-state index in [-0.39, 0.29) is 0 Å². The van der Waals surface area contributed by atoms with Crippen LogP contribution in [0.5, 0.6) is 0 Å². The molecular formula is C15H27N3OS. The Bertz CT molecular complexity index is 439. The van der Waals surface area contributed by atoms with Crippen LogP contribution in [0.3, 0.4) is 0 Å². The van der Waals surface area contributed by atoms with Gasteiger partial charge in [-0.15, -0.1) is 10.2 Å². The molecule has 1 N–H and O–H groups in total. The second-order valence-corrected chi connectivity index (χ2v) is 7.80. The average Bonchev–Trinajstić information content (AvgIpc) is 2.69. The van der Waals surface area contributed by atoms with Crippen LogP contribution in [-0.4, -0.2) is 31.2 Å². The van der Waals surface area contributed by atoms with Crippen molar-refractivity contribution in [3.05, 3.63) is 5.82 Å². The van der Waals surface area contributed by atoms with E-state index in [2.05, 4.69) is 21.7 Å². The highest BCUT2D eigenvalue weighted by atomic mass is 32.2. The van der Waals surface area contributed by atoms with Crippen molar-refractivity contribution in [3.8, 4) is 0 Å². The van der Waals surface area contributed by atoms with Gasteiger partial charge in [-0.3, -0.25) is 0 Å². The summed E-state index contributed by atoms with van der Waals surface area (Å²) < 4.78 is 2.32. The minimum Gasteiger partial charge on any atom is -0.390 e. The average molecular weight is 297 g/mol. The lowest BCUT2D eigenvalue weighted by atomic mass is 9.87. The first-order valence-corrected chi connectivity index (χ1v) is 8.62. The zero-order chi connectivity index (χ0) is 14.8. The van der Waals surface area contributed by atoms with Crippen LogP contribution < -0.4 is 0 Å². The fourth-order valence-corrected chi connectivity index (χ4v) is 4.20. The van der Waals surface area contributed by atoms with Crippen LogP contribution in [0.4, 0.5) is 0 Å². The summed E-state index contributed by atoms with van der Waals surface area (Å²) in [5.74, 6) is 2.70. The summed E-state index contributed by atoms with van der Waals surface area (Å²) in [6.07, 6.45) is 5.89. The Morgan fingerprint density at radius 2 is 2.10 bits per heavy atom. The van der Waals surface area contributed by atoms with E-state index in [0.717, 1.165) is 29.1 Å². The van der Waals surface area contributed by atoms with Crippen molar-refractivity contribution in [2.24, 2.45) is 5.92 Å². The second kappa shape index (κ2) is 6.48. The fourth-order valence-electron chi connectivity index (χ4n) is 2.90. The van der Waals surface area contributed by atoms with Crippen LogP contribution in [-0.2, 0) is 0 Å². The Morgan fingerprint density at radius 3 is 2.75 bits per heavy atom. The van der Waals surface area contributed by atoms with Crippen molar-refractivity contribution in [2.45, 2.75) is 76.6 Å². The van der Waals surface area contributed by atoms with Crippen molar-refractivity contribution in [2.75, 3.05) is 5.75 Å². The Balaban J connectivity index is 2.03. The van der Waals surface area contributed by atoms with E-state index >= 15 is 0 Å². The van der Waals surface area contributed by atoms with Crippen LogP contribution >= 0.6 is 11.8 Å². The molecule has 0 aliphatic heterocycles. The number of hydrogen-bond acceptors (Lipinski definition) is 4. The zero-order valence-corrected chi connectivity index (χ0v) is 13.9. The third-order valence-corrected chi connectivity index (χ3v) is 5.00. The molecule has 1 aliphatic carbocycles. The van der Waals surface area contributed by atoms with Gasteiger partial charge < -0.3 is 9.67 Å². The highest BCUT2D eigenvalue weighted by Gasteiger charge is 2.24. The molecule has 2 unspecified atom stereocenters. The highest BCUT2D eigenvalue weighted by Crippen LogP contribution is 2.35. The third-order valence-electron chi connectivity index (χ3n) is 4.05. The molecule has 114 valence electrons. The van der Waals surface area contributed by atoms with Crippen molar-refractivity contribution in [1.82, 2.24) is 14.8 Å². The topological polar surface area (TPSA) is 50.9 Å². The second-order valence-electron chi connectivity index (χ2n) is 6.74. The fraction of sp³-hybridized carbons (Fsp3) is 0.867. The smallest absolute Gasteiger partial charge is 0.191 e. The number of thioether (sulfide) groups is 1. The normalized spacial score (nSPS) is 24.1. The number of aromatic nitrogens is 3. The minimum absolute atomic E-state index is 0.554. The van der Waals surface area contributed by atoms with Gasteiger partial charge in [0.05, 0.1) is 5.60 Å². The van der Waals surface area contributed by atoms with Crippen molar-refractivity contribution < 1.29 is 5.11 Å². The number of rotatable bonds is 5. The molecule has 2 atom stereocenters. The van der Waals surface area contributed by atoms with Gasteiger partial charge >= 0.3 is 0 Å². The SMILES string of the molecule is Cc1nnc(SCCC(C)(C)O)n1C1CCCC(C)C1. The van der Waals surface area contributed by atoms with Gasteiger partial charge in [-0.05, 0) is 46.0 Å². The number of hydrogen-bond donors (Lipinski definition) is 1. The quantitative estimate of drug-likeness (QED) is 0.844. The molecule has 5 heteroatoms. The van der Waals surface area contributed by atoms with Crippen LogP contribution in [0, 0.1) is 12.8 Å². The molecule has 1 heterocycles. The zero-order valence-electron chi connectivity index (χ0n) is 13.1. The molecule has 0 aromatic carbocycles. The van der Waals surface area contributed by atoms with Gasteiger partial charge in [-0.1, -0.05) is 31.5 Å². The number of nitrogens with zero attached hydrogens (tertiary/aromatic N) is 3. The predicted molar refractivity (Wildman–Crippen MR) is 83.1 cm³/mol. The Labute approximate surface area is 126 Å². The molecule has 0 saturated heterocycles. The molecule has 1 aliphatic rings. The summed E-state index contributed by atoms with van der Waals surface area (Å²) in [6, 6.07) is 0.554. The third kappa shape index (κ3) is 4.22. The van der Waals surface area contributed by atoms with Gasteiger partial charge in [0.2, 0.25) is 0 Å². The maximum atomic E-state index is 9.80.